The van der Waals surface area contributed by atoms with Gasteiger partial charge in [0.05, 0.1) is 11.9 Å². The maximum atomic E-state index is 5.66. The molecule has 1 aromatic heterocycles. The molecular weight excluding hydrogens is 202 g/mol. The van der Waals surface area contributed by atoms with E-state index in [-0.39, 0.29) is 0 Å². The van der Waals surface area contributed by atoms with Gasteiger partial charge >= 0.3 is 0 Å². The van der Waals surface area contributed by atoms with Crippen LogP contribution in [0.1, 0.15) is 18.4 Å². The lowest BCUT2D eigenvalue weighted by Gasteiger charge is -2.22. The molecule has 1 saturated heterocycles. The smallest absolute Gasteiger partial charge is 0.129 e. The largest absolute Gasteiger partial charge is 0.397 e. The number of rotatable bonds is 3. The van der Waals surface area contributed by atoms with Gasteiger partial charge in [0, 0.05) is 19.8 Å². The van der Waals surface area contributed by atoms with Gasteiger partial charge < -0.3 is 15.8 Å². The summed E-state index contributed by atoms with van der Waals surface area (Å²) in [5.74, 6) is 1.65. The van der Waals surface area contributed by atoms with Gasteiger partial charge in [-0.1, -0.05) is 0 Å². The zero-order valence-electron chi connectivity index (χ0n) is 9.70. The first-order valence-corrected chi connectivity index (χ1v) is 5.79. The van der Waals surface area contributed by atoms with Crippen molar-refractivity contribution in [3.63, 3.8) is 0 Å². The molecule has 0 radical (unpaired) electrons. The first kappa shape index (κ1) is 11.2. The van der Waals surface area contributed by atoms with Gasteiger partial charge in [0.15, 0.2) is 0 Å². The zero-order valence-corrected chi connectivity index (χ0v) is 9.70. The third-order valence-corrected chi connectivity index (χ3v) is 3.00. The Morgan fingerprint density at radius 1 is 1.50 bits per heavy atom. The topological polar surface area (TPSA) is 60.2 Å². The Balaban J connectivity index is 1.88. The molecular formula is C12H19N3O. The van der Waals surface area contributed by atoms with E-state index in [1.54, 1.807) is 6.20 Å². The van der Waals surface area contributed by atoms with E-state index < -0.39 is 0 Å². The lowest BCUT2D eigenvalue weighted by molar-refractivity contribution is 0.0699. The second-order valence-electron chi connectivity index (χ2n) is 4.37. The molecule has 1 fully saturated rings. The summed E-state index contributed by atoms with van der Waals surface area (Å²) < 4.78 is 5.33. The number of ether oxygens (including phenoxy) is 1. The standard InChI is InChI=1S/C12H19N3O/c1-9-6-11(13)8-15-12(9)14-7-10-2-4-16-5-3-10/h6,8,10H,2-5,7,13H2,1H3,(H,14,15). The van der Waals surface area contributed by atoms with Crippen molar-refractivity contribution in [1.29, 1.82) is 0 Å². The Kier molecular flexibility index (Phi) is 3.62. The number of nitrogens with one attached hydrogen (secondary N) is 1. The Morgan fingerprint density at radius 2 is 2.25 bits per heavy atom. The van der Waals surface area contributed by atoms with Crippen molar-refractivity contribution in [2.75, 3.05) is 30.8 Å². The lowest BCUT2D eigenvalue weighted by Crippen LogP contribution is -2.23. The van der Waals surface area contributed by atoms with Crippen molar-refractivity contribution >= 4 is 11.5 Å². The van der Waals surface area contributed by atoms with E-state index in [0.29, 0.717) is 11.6 Å². The number of pyridine rings is 1. The van der Waals surface area contributed by atoms with Crippen molar-refractivity contribution in [3.8, 4) is 0 Å². The van der Waals surface area contributed by atoms with Crippen molar-refractivity contribution < 1.29 is 4.74 Å². The fraction of sp³-hybridized carbons (Fsp3) is 0.583. The first-order chi connectivity index (χ1) is 7.75. The lowest BCUT2D eigenvalue weighted by atomic mass is 10.0. The molecule has 0 spiro atoms. The first-order valence-electron chi connectivity index (χ1n) is 5.79. The molecule has 2 heterocycles. The SMILES string of the molecule is Cc1cc(N)cnc1NCC1CCOCC1. The Labute approximate surface area is 96.2 Å². The van der Waals surface area contributed by atoms with Gasteiger partial charge in [0.2, 0.25) is 0 Å². The summed E-state index contributed by atoms with van der Waals surface area (Å²) in [6.07, 6.45) is 3.97. The molecule has 1 aliphatic rings. The van der Waals surface area contributed by atoms with Gasteiger partial charge in [-0.25, -0.2) is 4.98 Å². The normalized spacial score (nSPS) is 17.3. The third kappa shape index (κ3) is 2.85. The van der Waals surface area contributed by atoms with Crippen LogP contribution in [0.25, 0.3) is 0 Å². The van der Waals surface area contributed by atoms with Crippen LogP contribution >= 0.6 is 0 Å². The molecule has 88 valence electrons. The van der Waals surface area contributed by atoms with Crippen molar-refractivity contribution in [2.24, 2.45) is 5.92 Å². The summed E-state index contributed by atoms with van der Waals surface area (Å²) in [6, 6.07) is 1.94. The molecule has 0 amide bonds. The molecule has 3 N–H and O–H groups in total. The molecule has 0 bridgehead atoms. The van der Waals surface area contributed by atoms with Crippen LogP contribution in [0.2, 0.25) is 0 Å². The van der Waals surface area contributed by atoms with Crippen LogP contribution in [0.4, 0.5) is 11.5 Å². The molecule has 0 atom stereocenters. The molecule has 1 aliphatic heterocycles. The van der Waals surface area contributed by atoms with Crippen molar-refractivity contribution in [1.82, 2.24) is 4.98 Å². The highest BCUT2D eigenvalue weighted by Gasteiger charge is 2.13. The fourth-order valence-corrected chi connectivity index (χ4v) is 1.97. The quantitative estimate of drug-likeness (QED) is 0.817. The van der Waals surface area contributed by atoms with Crippen LogP contribution < -0.4 is 11.1 Å². The molecule has 2 rings (SSSR count). The van der Waals surface area contributed by atoms with E-state index in [4.69, 9.17) is 10.5 Å². The summed E-state index contributed by atoms with van der Waals surface area (Å²) in [5, 5.41) is 3.39. The third-order valence-electron chi connectivity index (χ3n) is 3.00. The molecule has 4 nitrogen and oxygen atoms in total. The number of hydrogen-bond acceptors (Lipinski definition) is 4. The van der Waals surface area contributed by atoms with Crippen LogP contribution in [0.3, 0.4) is 0 Å². The number of nitrogens with zero attached hydrogens (tertiary/aromatic N) is 1. The molecule has 0 saturated carbocycles. The fourth-order valence-electron chi connectivity index (χ4n) is 1.97. The van der Waals surface area contributed by atoms with E-state index >= 15 is 0 Å². The zero-order chi connectivity index (χ0) is 11.4. The Morgan fingerprint density at radius 3 is 2.94 bits per heavy atom. The monoisotopic (exact) mass is 221 g/mol. The summed E-state index contributed by atoms with van der Waals surface area (Å²) in [6.45, 7) is 4.78. The van der Waals surface area contributed by atoms with E-state index in [1.165, 1.54) is 0 Å². The molecule has 0 unspecified atom stereocenters. The summed E-state index contributed by atoms with van der Waals surface area (Å²) in [7, 11) is 0. The van der Waals surface area contributed by atoms with E-state index in [2.05, 4.69) is 10.3 Å². The van der Waals surface area contributed by atoms with Gasteiger partial charge in [-0.2, -0.15) is 0 Å². The van der Waals surface area contributed by atoms with Crippen LogP contribution in [0.15, 0.2) is 12.3 Å². The van der Waals surface area contributed by atoms with Gasteiger partial charge in [-0.15, -0.1) is 0 Å². The number of hydrogen-bond donors (Lipinski definition) is 2. The average molecular weight is 221 g/mol. The summed E-state index contributed by atoms with van der Waals surface area (Å²) >= 11 is 0. The second-order valence-corrected chi connectivity index (χ2v) is 4.37. The van der Waals surface area contributed by atoms with Crippen molar-refractivity contribution in [2.45, 2.75) is 19.8 Å². The van der Waals surface area contributed by atoms with Crippen LogP contribution in [0.5, 0.6) is 0 Å². The van der Waals surface area contributed by atoms with Gasteiger partial charge in [0.25, 0.3) is 0 Å². The molecule has 4 heteroatoms. The number of aromatic nitrogens is 1. The van der Waals surface area contributed by atoms with Crippen molar-refractivity contribution in [3.05, 3.63) is 17.8 Å². The average Bonchev–Trinajstić information content (AvgIpc) is 2.29. The number of nitrogens with two attached hydrogens (primary N) is 1. The van der Waals surface area contributed by atoms with E-state index in [0.717, 1.165) is 44.0 Å². The highest BCUT2D eigenvalue weighted by atomic mass is 16.5. The molecule has 0 aliphatic carbocycles. The molecule has 0 aromatic carbocycles. The minimum absolute atomic E-state index is 0.701. The predicted octanol–water partition coefficient (Wildman–Crippen LogP) is 1.81. The minimum Gasteiger partial charge on any atom is -0.397 e. The molecule has 16 heavy (non-hydrogen) atoms. The Bertz CT molecular complexity index is 348. The number of aryl methyl sites for hydroxylation is 1. The minimum atomic E-state index is 0.701. The van der Waals surface area contributed by atoms with E-state index in [1.807, 2.05) is 13.0 Å². The van der Waals surface area contributed by atoms with Crippen LogP contribution in [0, 0.1) is 12.8 Å². The van der Waals surface area contributed by atoms with Crippen LogP contribution in [-0.4, -0.2) is 24.7 Å². The van der Waals surface area contributed by atoms with Gasteiger partial charge in [-0.05, 0) is 37.3 Å². The maximum Gasteiger partial charge on any atom is 0.129 e. The van der Waals surface area contributed by atoms with Gasteiger partial charge in [0.1, 0.15) is 5.82 Å². The molecule has 1 aromatic rings. The van der Waals surface area contributed by atoms with E-state index in [9.17, 15) is 0 Å². The second kappa shape index (κ2) is 5.16. The van der Waals surface area contributed by atoms with Crippen LogP contribution in [-0.2, 0) is 4.74 Å². The predicted molar refractivity (Wildman–Crippen MR) is 65.4 cm³/mol. The number of anilines is 2. The highest BCUT2D eigenvalue weighted by Crippen LogP contribution is 2.18. The van der Waals surface area contributed by atoms with Gasteiger partial charge in [-0.3, -0.25) is 0 Å². The summed E-state index contributed by atoms with van der Waals surface area (Å²) in [4.78, 5) is 4.29. The highest BCUT2D eigenvalue weighted by molar-refractivity contribution is 5.50. The summed E-state index contributed by atoms with van der Waals surface area (Å²) in [5.41, 5.74) is 7.48. The maximum absolute atomic E-state index is 5.66. The Hall–Kier alpha value is -1.29. The number of nitrogen functional groups attached to an aromatic ring is 1.